The molecule has 0 bridgehead atoms. The molecule has 1 N–H and O–H groups in total. The third-order valence-electron chi connectivity index (χ3n) is 2.91. The first-order valence-corrected chi connectivity index (χ1v) is 8.63. The number of nitrogens with zero attached hydrogens (tertiary/aromatic N) is 1. The molecule has 0 saturated heterocycles. The summed E-state index contributed by atoms with van der Waals surface area (Å²) in [6, 6.07) is 0. The van der Waals surface area contributed by atoms with Crippen molar-refractivity contribution in [3.63, 3.8) is 0 Å². The molecule has 0 atom stereocenters. The number of carbonyl (C=O) groups excluding carboxylic acids is 1. The van der Waals surface area contributed by atoms with E-state index in [4.69, 9.17) is 9.47 Å². The van der Waals surface area contributed by atoms with Gasteiger partial charge in [-0.2, -0.15) is 4.99 Å². The molecule has 0 aromatic carbocycles. The topological polar surface area (TPSA) is 59.9 Å². The summed E-state index contributed by atoms with van der Waals surface area (Å²) in [6.07, 6.45) is 7.18. The van der Waals surface area contributed by atoms with Gasteiger partial charge >= 0.3 is 0 Å². The van der Waals surface area contributed by atoms with Crippen molar-refractivity contribution in [2.45, 2.75) is 52.4 Å². The summed E-state index contributed by atoms with van der Waals surface area (Å²) in [5.74, 6) is -0.205. The highest BCUT2D eigenvalue weighted by Crippen LogP contribution is 2.25. The highest BCUT2D eigenvalue weighted by atomic mass is 32.2. The van der Waals surface area contributed by atoms with Crippen molar-refractivity contribution in [2.75, 3.05) is 19.0 Å². The Kier molecular flexibility index (Phi) is 8.64. The maximum absolute atomic E-state index is 11.1. The molecule has 6 heteroatoms. The van der Waals surface area contributed by atoms with Gasteiger partial charge in [0.05, 0.1) is 5.70 Å². The van der Waals surface area contributed by atoms with Crippen LogP contribution in [0, 0.1) is 0 Å². The normalized spacial score (nSPS) is 16.9. The molecule has 0 amide bonds. The van der Waals surface area contributed by atoms with Gasteiger partial charge in [-0.25, -0.2) is 0 Å². The van der Waals surface area contributed by atoms with Gasteiger partial charge in [-0.05, 0) is 20.3 Å². The summed E-state index contributed by atoms with van der Waals surface area (Å²) in [6.45, 7) is 6.87. The second kappa shape index (κ2) is 9.97. The zero-order valence-corrected chi connectivity index (χ0v) is 14.0. The molecular formula is C15H26N2O3S. The lowest BCUT2D eigenvalue weighted by atomic mass is 10.2. The number of hydrogen-bond donors (Lipinski definition) is 1. The second-order valence-electron chi connectivity index (χ2n) is 4.67. The number of ether oxygens (including phenoxy) is 2. The van der Waals surface area contributed by atoms with Crippen LogP contribution in [0.1, 0.15) is 46.5 Å². The Morgan fingerprint density at radius 2 is 1.95 bits per heavy atom. The molecule has 0 aromatic rings. The minimum Gasteiger partial charge on any atom is -0.332 e. The highest BCUT2D eigenvalue weighted by Gasteiger charge is 2.33. The average molecular weight is 314 g/mol. The molecule has 1 heterocycles. The van der Waals surface area contributed by atoms with E-state index in [0.717, 1.165) is 18.5 Å². The van der Waals surface area contributed by atoms with Crippen molar-refractivity contribution in [3.05, 3.63) is 11.8 Å². The number of rotatable bonds is 10. The molecule has 21 heavy (non-hydrogen) atoms. The third-order valence-corrected chi connectivity index (χ3v) is 3.87. The van der Waals surface area contributed by atoms with Crippen molar-refractivity contribution in [1.82, 2.24) is 5.32 Å². The first-order valence-electron chi connectivity index (χ1n) is 7.65. The molecule has 0 spiro atoms. The average Bonchev–Trinajstić information content (AvgIpc) is 2.47. The van der Waals surface area contributed by atoms with Gasteiger partial charge in [0.2, 0.25) is 0 Å². The van der Waals surface area contributed by atoms with Gasteiger partial charge < -0.3 is 14.8 Å². The monoisotopic (exact) mass is 314 g/mol. The number of hydrogen-bond acceptors (Lipinski definition) is 6. The van der Waals surface area contributed by atoms with Gasteiger partial charge in [-0.15, -0.1) is 0 Å². The predicted molar refractivity (Wildman–Crippen MR) is 87.3 cm³/mol. The van der Waals surface area contributed by atoms with Crippen LogP contribution in [0.3, 0.4) is 0 Å². The van der Waals surface area contributed by atoms with Crippen molar-refractivity contribution in [2.24, 2.45) is 4.99 Å². The predicted octanol–water partition coefficient (Wildman–Crippen LogP) is 3.07. The van der Waals surface area contributed by atoms with Gasteiger partial charge in [0, 0.05) is 25.0 Å². The van der Waals surface area contributed by atoms with Crippen molar-refractivity contribution in [1.29, 1.82) is 0 Å². The minimum atomic E-state index is -1.17. The number of unbranched alkanes of at least 4 members (excludes halogenated alkanes) is 3. The number of aldehydes is 1. The lowest BCUT2D eigenvalue weighted by Crippen LogP contribution is -2.41. The zero-order chi connectivity index (χ0) is 15.6. The fourth-order valence-electron chi connectivity index (χ4n) is 1.99. The molecule has 0 radical (unpaired) electrons. The molecule has 120 valence electrons. The van der Waals surface area contributed by atoms with Crippen molar-refractivity contribution < 1.29 is 14.3 Å². The van der Waals surface area contributed by atoms with Gasteiger partial charge in [-0.1, -0.05) is 37.9 Å². The maximum atomic E-state index is 11.1. The fourth-order valence-corrected chi connectivity index (χ4v) is 2.91. The Hall–Kier alpha value is -0.850. The standard InChI is InChI=1S/C15H26N2O3S/c1-4-7-8-9-10-21-14-16-13(12-18)11-15(17-14,19-5-2)20-6-3/h11-12H,4-10H2,1-3H3,(H,16,17). The van der Waals surface area contributed by atoms with Gasteiger partial charge in [0.25, 0.3) is 5.91 Å². The molecule has 1 aliphatic rings. The molecule has 1 aliphatic heterocycles. The van der Waals surface area contributed by atoms with Crippen molar-refractivity contribution in [3.8, 4) is 0 Å². The molecule has 5 nitrogen and oxygen atoms in total. The largest absolute Gasteiger partial charge is 0.332 e. The van der Waals surface area contributed by atoms with Crippen LogP contribution in [0.5, 0.6) is 0 Å². The lowest BCUT2D eigenvalue weighted by molar-refractivity contribution is -0.194. The van der Waals surface area contributed by atoms with E-state index in [9.17, 15) is 4.79 Å². The highest BCUT2D eigenvalue weighted by molar-refractivity contribution is 8.13. The number of amidine groups is 1. The van der Waals surface area contributed by atoms with Crippen LogP contribution in [-0.4, -0.2) is 36.3 Å². The Bertz CT molecular complexity index is 377. The Labute approximate surface area is 131 Å². The fraction of sp³-hybridized carbons (Fsp3) is 0.733. The minimum absolute atomic E-state index is 0.433. The van der Waals surface area contributed by atoms with E-state index in [0.29, 0.717) is 24.1 Å². The van der Waals surface area contributed by atoms with Crippen LogP contribution in [0.4, 0.5) is 0 Å². The molecule has 0 saturated carbocycles. The Balaban J connectivity index is 2.69. The summed E-state index contributed by atoms with van der Waals surface area (Å²) >= 11 is 1.60. The van der Waals surface area contributed by atoms with Gasteiger partial charge in [-0.3, -0.25) is 4.79 Å². The summed E-state index contributed by atoms with van der Waals surface area (Å²) in [5, 5.41) is 3.69. The van der Waals surface area contributed by atoms with E-state index < -0.39 is 5.91 Å². The van der Waals surface area contributed by atoms with Gasteiger partial charge in [0.1, 0.15) is 0 Å². The summed E-state index contributed by atoms with van der Waals surface area (Å²) in [5.41, 5.74) is 0.433. The zero-order valence-electron chi connectivity index (χ0n) is 13.2. The van der Waals surface area contributed by atoms with E-state index in [2.05, 4.69) is 17.2 Å². The molecule has 0 aliphatic carbocycles. The lowest BCUT2D eigenvalue weighted by Gasteiger charge is -2.30. The number of aliphatic imine (C=N–C) groups is 1. The molecule has 0 fully saturated rings. The van der Waals surface area contributed by atoms with Crippen LogP contribution in [-0.2, 0) is 14.3 Å². The van der Waals surface area contributed by atoms with E-state index in [1.807, 2.05) is 13.8 Å². The molecule has 1 rings (SSSR count). The number of nitrogens with one attached hydrogen (secondary N) is 1. The molecular weight excluding hydrogens is 288 g/mol. The van der Waals surface area contributed by atoms with Crippen LogP contribution >= 0.6 is 11.8 Å². The molecule has 0 unspecified atom stereocenters. The third kappa shape index (κ3) is 6.20. The quantitative estimate of drug-likeness (QED) is 0.381. The number of thioether (sulfide) groups is 1. The Morgan fingerprint density at radius 3 is 2.52 bits per heavy atom. The summed E-state index contributed by atoms with van der Waals surface area (Å²) in [7, 11) is 0. The maximum Gasteiger partial charge on any atom is 0.295 e. The number of allylic oxidation sites excluding steroid dienone is 1. The first-order chi connectivity index (χ1) is 10.2. The second-order valence-corrected chi connectivity index (χ2v) is 5.75. The van der Waals surface area contributed by atoms with Crippen LogP contribution in [0.2, 0.25) is 0 Å². The van der Waals surface area contributed by atoms with E-state index >= 15 is 0 Å². The molecule has 0 aromatic heterocycles. The van der Waals surface area contributed by atoms with Crippen LogP contribution in [0.25, 0.3) is 0 Å². The Morgan fingerprint density at radius 1 is 1.24 bits per heavy atom. The van der Waals surface area contributed by atoms with E-state index in [1.54, 1.807) is 17.8 Å². The smallest absolute Gasteiger partial charge is 0.295 e. The summed E-state index contributed by atoms with van der Waals surface area (Å²) in [4.78, 5) is 15.6. The summed E-state index contributed by atoms with van der Waals surface area (Å²) < 4.78 is 11.2. The van der Waals surface area contributed by atoms with E-state index in [-0.39, 0.29) is 0 Å². The van der Waals surface area contributed by atoms with Gasteiger partial charge in [0.15, 0.2) is 11.5 Å². The van der Waals surface area contributed by atoms with Crippen molar-refractivity contribution >= 4 is 23.2 Å². The SMILES string of the molecule is CCCCCCSC1=NC(OCC)(OCC)C=C(C=O)N1. The number of carbonyl (C=O) groups is 1. The van der Waals surface area contributed by atoms with Crippen LogP contribution < -0.4 is 5.32 Å². The first kappa shape index (κ1) is 18.2. The van der Waals surface area contributed by atoms with Crippen LogP contribution in [0.15, 0.2) is 16.8 Å². The van der Waals surface area contributed by atoms with E-state index in [1.165, 1.54) is 19.3 Å².